The number of halogens is 2. The average Bonchev–Trinajstić information content (AvgIpc) is 2.08. The van der Waals surface area contributed by atoms with Crippen molar-refractivity contribution in [2.45, 2.75) is 45.3 Å². The number of aliphatic hydroxyl groups is 1. The van der Waals surface area contributed by atoms with Crippen molar-refractivity contribution >= 4 is 5.97 Å². The topological polar surface area (TPSA) is 58.6 Å². The molecule has 0 rings (SSSR count). The molecule has 0 amide bonds. The standard InChI is InChI=1S/C10H19F2NO3/c1-10(2,3)16-8(15)4-5-13-6-7(14)9(11)12/h7,9,13-14H,4-6H2,1-3H3. The first-order valence-electron chi connectivity index (χ1n) is 5.11. The summed E-state index contributed by atoms with van der Waals surface area (Å²) >= 11 is 0. The fraction of sp³-hybridized carbons (Fsp3) is 0.900. The molecule has 0 spiro atoms. The van der Waals surface area contributed by atoms with Gasteiger partial charge in [0.2, 0.25) is 0 Å². The van der Waals surface area contributed by atoms with E-state index >= 15 is 0 Å². The normalized spacial score (nSPS) is 13.9. The minimum absolute atomic E-state index is 0.0905. The lowest BCUT2D eigenvalue weighted by Crippen LogP contribution is -2.34. The smallest absolute Gasteiger partial charge is 0.307 e. The molecule has 0 aliphatic heterocycles. The Morgan fingerprint density at radius 2 is 2.00 bits per heavy atom. The molecule has 0 bridgehead atoms. The summed E-state index contributed by atoms with van der Waals surface area (Å²) in [6.07, 6.45) is -4.37. The van der Waals surface area contributed by atoms with Crippen LogP contribution in [0.4, 0.5) is 8.78 Å². The lowest BCUT2D eigenvalue weighted by atomic mass is 10.2. The first-order valence-corrected chi connectivity index (χ1v) is 5.11. The molecule has 0 heterocycles. The van der Waals surface area contributed by atoms with Gasteiger partial charge in [0.1, 0.15) is 11.7 Å². The van der Waals surface area contributed by atoms with Crippen LogP contribution in [0.5, 0.6) is 0 Å². The lowest BCUT2D eigenvalue weighted by Gasteiger charge is -2.19. The van der Waals surface area contributed by atoms with E-state index < -0.39 is 24.1 Å². The van der Waals surface area contributed by atoms with Gasteiger partial charge in [-0.15, -0.1) is 0 Å². The molecule has 16 heavy (non-hydrogen) atoms. The quantitative estimate of drug-likeness (QED) is 0.535. The van der Waals surface area contributed by atoms with Crippen LogP contribution in [-0.2, 0) is 9.53 Å². The van der Waals surface area contributed by atoms with E-state index in [1.54, 1.807) is 20.8 Å². The third kappa shape index (κ3) is 8.55. The summed E-state index contributed by atoms with van der Waals surface area (Å²) in [5, 5.41) is 11.3. The predicted octanol–water partition coefficient (Wildman–Crippen LogP) is 0.934. The van der Waals surface area contributed by atoms with Crippen molar-refractivity contribution in [3.8, 4) is 0 Å². The van der Waals surface area contributed by atoms with Gasteiger partial charge >= 0.3 is 5.97 Å². The Bertz CT molecular complexity index is 217. The minimum atomic E-state index is -2.77. The zero-order valence-electron chi connectivity index (χ0n) is 9.80. The molecule has 0 aromatic rings. The van der Waals surface area contributed by atoms with Crippen molar-refractivity contribution in [2.24, 2.45) is 0 Å². The zero-order valence-corrected chi connectivity index (χ0v) is 9.80. The van der Waals surface area contributed by atoms with Crippen LogP contribution in [0.1, 0.15) is 27.2 Å². The second-order valence-corrected chi connectivity index (χ2v) is 4.44. The van der Waals surface area contributed by atoms with E-state index in [1.165, 1.54) is 0 Å². The molecule has 0 aromatic carbocycles. The molecule has 96 valence electrons. The molecular weight excluding hydrogens is 220 g/mol. The third-order valence-electron chi connectivity index (χ3n) is 1.57. The Morgan fingerprint density at radius 1 is 1.44 bits per heavy atom. The summed E-state index contributed by atoms with van der Waals surface area (Å²) in [4.78, 5) is 11.2. The number of carbonyl (C=O) groups is 1. The second-order valence-electron chi connectivity index (χ2n) is 4.44. The minimum Gasteiger partial charge on any atom is -0.460 e. The molecule has 1 unspecified atom stereocenters. The first kappa shape index (κ1) is 15.2. The Hall–Kier alpha value is -0.750. The molecule has 0 radical (unpaired) electrons. The van der Waals surface area contributed by atoms with Crippen LogP contribution in [0.2, 0.25) is 0 Å². The summed E-state index contributed by atoms with van der Waals surface area (Å²) < 4.78 is 28.7. The summed E-state index contributed by atoms with van der Waals surface area (Å²) in [6.45, 7) is 5.22. The maximum Gasteiger partial charge on any atom is 0.307 e. The molecule has 0 aliphatic carbocycles. The van der Waals surface area contributed by atoms with Crippen LogP contribution in [0, 0.1) is 0 Å². The molecular formula is C10H19F2NO3. The Balaban J connectivity index is 3.56. The summed E-state index contributed by atoms with van der Waals surface area (Å²) in [5.74, 6) is -0.397. The van der Waals surface area contributed by atoms with E-state index in [4.69, 9.17) is 9.84 Å². The van der Waals surface area contributed by atoms with Gasteiger partial charge in [-0.2, -0.15) is 0 Å². The maximum atomic E-state index is 11.9. The van der Waals surface area contributed by atoms with Crippen LogP contribution in [0.3, 0.4) is 0 Å². The monoisotopic (exact) mass is 239 g/mol. The number of carbonyl (C=O) groups excluding carboxylic acids is 1. The van der Waals surface area contributed by atoms with Crippen molar-refractivity contribution in [2.75, 3.05) is 13.1 Å². The first-order chi connectivity index (χ1) is 7.22. The SMILES string of the molecule is CC(C)(C)OC(=O)CCNCC(O)C(F)F. The van der Waals surface area contributed by atoms with Gasteiger partial charge in [-0.3, -0.25) is 4.79 Å². The van der Waals surface area contributed by atoms with Gasteiger partial charge in [-0.05, 0) is 20.8 Å². The largest absolute Gasteiger partial charge is 0.460 e. The van der Waals surface area contributed by atoms with Crippen LogP contribution in [0.15, 0.2) is 0 Å². The summed E-state index contributed by atoms with van der Waals surface area (Å²) in [6, 6.07) is 0. The van der Waals surface area contributed by atoms with Gasteiger partial charge < -0.3 is 15.2 Å². The summed E-state index contributed by atoms with van der Waals surface area (Å²) in [5.41, 5.74) is -0.542. The predicted molar refractivity (Wildman–Crippen MR) is 55.3 cm³/mol. The lowest BCUT2D eigenvalue weighted by molar-refractivity contribution is -0.154. The molecule has 0 aliphatic rings. The number of hydrogen-bond donors (Lipinski definition) is 2. The van der Waals surface area contributed by atoms with Crippen molar-refractivity contribution in [3.05, 3.63) is 0 Å². The van der Waals surface area contributed by atoms with Crippen LogP contribution >= 0.6 is 0 Å². The van der Waals surface area contributed by atoms with Crippen molar-refractivity contribution in [1.82, 2.24) is 5.32 Å². The Morgan fingerprint density at radius 3 is 2.44 bits per heavy atom. The highest BCUT2D eigenvalue weighted by atomic mass is 19.3. The average molecular weight is 239 g/mol. The molecule has 0 aromatic heterocycles. The van der Waals surface area contributed by atoms with Crippen molar-refractivity contribution < 1.29 is 23.4 Å². The Labute approximate surface area is 94.0 Å². The van der Waals surface area contributed by atoms with Crippen molar-refractivity contribution in [3.63, 3.8) is 0 Å². The van der Waals surface area contributed by atoms with Gasteiger partial charge in [-0.1, -0.05) is 0 Å². The molecule has 1 atom stereocenters. The highest BCUT2D eigenvalue weighted by Gasteiger charge is 2.17. The van der Waals surface area contributed by atoms with Gasteiger partial charge in [0.15, 0.2) is 0 Å². The number of ether oxygens (including phenoxy) is 1. The highest BCUT2D eigenvalue weighted by Crippen LogP contribution is 2.07. The van der Waals surface area contributed by atoms with Crippen LogP contribution in [0.25, 0.3) is 0 Å². The number of aliphatic hydroxyl groups excluding tert-OH is 1. The molecule has 0 fully saturated rings. The molecule has 0 saturated heterocycles. The second kappa shape index (κ2) is 6.75. The highest BCUT2D eigenvalue weighted by molar-refractivity contribution is 5.70. The molecule has 6 heteroatoms. The molecule has 0 saturated carbocycles. The number of rotatable bonds is 6. The summed E-state index contributed by atoms with van der Waals surface area (Å²) in [7, 11) is 0. The Kier molecular flexibility index (Phi) is 6.43. The van der Waals surface area contributed by atoms with E-state index in [9.17, 15) is 13.6 Å². The van der Waals surface area contributed by atoms with Crippen LogP contribution in [-0.4, -0.2) is 42.3 Å². The maximum absolute atomic E-state index is 11.9. The van der Waals surface area contributed by atoms with Gasteiger partial charge in [0.25, 0.3) is 6.43 Å². The fourth-order valence-electron chi connectivity index (χ4n) is 0.922. The number of alkyl halides is 2. The van der Waals surface area contributed by atoms with E-state index in [2.05, 4.69) is 5.32 Å². The fourth-order valence-corrected chi connectivity index (χ4v) is 0.922. The van der Waals surface area contributed by atoms with Gasteiger partial charge in [0, 0.05) is 13.1 Å². The van der Waals surface area contributed by atoms with Crippen LogP contribution < -0.4 is 5.32 Å². The van der Waals surface area contributed by atoms with Gasteiger partial charge in [0.05, 0.1) is 6.42 Å². The number of esters is 1. The van der Waals surface area contributed by atoms with E-state index in [1.807, 2.05) is 0 Å². The zero-order chi connectivity index (χ0) is 12.8. The van der Waals surface area contributed by atoms with E-state index in [-0.39, 0.29) is 19.5 Å². The van der Waals surface area contributed by atoms with Crippen molar-refractivity contribution in [1.29, 1.82) is 0 Å². The van der Waals surface area contributed by atoms with Gasteiger partial charge in [-0.25, -0.2) is 8.78 Å². The van der Waals surface area contributed by atoms with E-state index in [0.29, 0.717) is 0 Å². The molecule has 2 N–H and O–H groups in total. The third-order valence-corrected chi connectivity index (χ3v) is 1.57. The molecule has 4 nitrogen and oxygen atoms in total. The number of nitrogens with one attached hydrogen (secondary N) is 1. The number of hydrogen-bond acceptors (Lipinski definition) is 4. The van der Waals surface area contributed by atoms with E-state index in [0.717, 1.165) is 0 Å².